The van der Waals surface area contributed by atoms with Crippen molar-refractivity contribution in [3.05, 3.63) is 9.74 Å². The van der Waals surface area contributed by atoms with Crippen molar-refractivity contribution in [2.45, 2.75) is 32.0 Å². The summed E-state index contributed by atoms with van der Waals surface area (Å²) in [4.78, 5) is 4.23. The van der Waals surface area contributed by atoms with E-state index in [1.807, 2.05) is 0 Å². The molecule has 0 saturated carbocycles. The number of nitrogens with zero attached hydrogens (tertiary/aromatic N) is 2. The third kappa shape index (κ3) is 1.67. The van der Waals surface area contributed by atoms with Crippen LogP contribution >= 0.6 is 27.5 Å². The van der Waals surface area contributed by atoms with Gasteiger partial charge in [-0.2, -0.15) is 4.37 Å². The van der Waals surface area contributed by atoms with Gasteiger partial charge in [0.05, 0.1) is 6.10 Å². The lowest BCUT2D eigenvalue weighted by atomic mass is 10.2. The predicted molar refractivity (Wildman–Crippen MR) is 50.1 cm³/mol. The van der Waals surface area contributed by atoms with Gasteiger partial charge in [0.25, 0.3) is 0 Å². The zero-order valence-corrected chi connectivity index (χ0v) is 9.06. The molecule has 12 heavy (non-hydrogen) atoms. The molecule has 3 nitrogen and oxygen atoms in total. The minimum atomic E-state index is 0.184. The standard InChI is InChI=1S/C7H9BrN2OS/c1-4-2-3-5(11-4)6-9-7(8)10-12-6/h4-5H,2-3H2,1H3. The van der Waals surface area contributed by atoms with Gasteiger partial charge in [-0.3, -0.25) is 0 Å². The number of halogens is 1. The Balaban J connectivity index is 2.11. The van der Waals surface area contributed by atoms with Gasteiger partial charge in [-0.05, 0) is 47.2 Å². The lowest BCUT2D eigenvalue weighted by molar-refractivity contribution is 0.0553. The van der Waals surface area contributed by atoms with E-state index in [1.165, 1.54) is 11.5 Å². The van der Waals surface area contributed by atoms with E-state index < -0.39 is 0 Å². The molecule has 0 radical (unpaired) electrons. The van der Waals surface area contributed by atoms with Crippen LogP contribution in [0.1, 0.15) is 30.9 Å². The third-order valence-electron chi connectivity index (χ3n) is 1.92. The minimum absolute atomic E-state index is 0.184. The summed E-state index contributed by atoms with van der Waals surface area (Å²) in [7, 11) is 0. The van der Waals surface area contributed by atoms with Crippen molar-refractivity contribution >= 4 is 27.5 Å². The molecule has 0 bridgehead atoms. The molecule has 0 aromatic carbocycles. The first kappa shape index (κ1) is 8.59. The van der Waals surface area contributed by atoms with E-state index in [0.717, 1.165) is 17.8 Å². The smallest absolute Gasteiger partial charge is 0.209 e. The lowest BCUT2D eigenvalue weighted by Gasteiger charge is -2.05. The summed E-state index contributed by atoms with van der Waals surface area (Å²) >= 11 is 4.64. The van der Waals surface area contributed by atoms with Crippen LogP contribution < -0.4 is 0 Å². The normalized spacial score (nSPS) is 29.5. The predicted octanol–water partition coefficient (Wildman–Crippen LogP) is 2.54. The summed E-state index contributed by atoms with van der Waals surface area (Å²) in [5.74, 6) is 0. The molecule has 1 aliphatic rings. The van der Waals surface area contributed by atoms with E-state index in [0.29, 0.717) is 10.8 Å². The number of hydrogen-bond donors (Lipinski definition) is 0. The highest BCUT2D eigenvalue weighted by Gasteiger charge is 2.26. The van der Waals surface area contributed by atoms with Crippen molar-refractivity contribution in [2.75, 3.05) is 0 Å². The van der Waals surface area contributed by atoms with Crippen molar-refractivity contribution < 1.29 is 4.74 Å². The molecule has 1 aromatic heterocycles. The van der Waals surface area contributed by atoms with Crippen LogP contribution in [0.3, 0.4) is 0 Å². The first-order valence-electron chi connectivity index (χ1n) is 3.90. The summed E-state index contributed by atoms with van der Waals surface area (Å²) in [5.41, 5.74) is 0. The van der Waals surface area contributed by atoms with Crippen molar-refractivity contribution in [3.8, 4) is 0 Å². The Morgan fingerprint density at radius 2 is 2.42 bits per heavy atom. The maximum atomic E-state index is 5.65. The van der Waals surface area contributed by atoms with E-state index in [9.17, 15) is 0 Å². The topological polar surface area (TPSA) is 35.0 Å². The van der Waals surface area contributed by atoms with Gasteiger partial charge in [-0.15, -0.1) is 0 Å². The molecular formula is C7H9BrN2OS. The van der Waals surface area contributed by atoms with Crippen molar-refractivity contribution in [1.29, 1.82) is 0 Å². The maximum Gasteiger partial charge on any atom is 0.209 e. The van der Waals surface area contributed by atoms with Crippen LogP contribution in [0.5, 0.6) is 0 Å². The highest BCUT2D eigenvalue weighted by Crippen LogP contribution is 2.33. The van der Waals surface area contributed by atoms with Crippen LogP contribution in [0, 0.1) is 0 Å². The Kier molecular flexibility index (Phi) is 2.43. The highest BCUT2D eigenvalue weighted by atomic mass is 79.9. The van der Waals surface area contributed by atoms with Crippen LogP contribution in [-0.2, 0) is 4.74 Å². The lowest BCUT2D eigenvalue weighted by Crippen LogP contribution is -2.00. The van der Waals surface area contributed by atoms with Crippen molar-refractivity contribution in [3.63, 3.8) is 0 Å². The second-order valence-corrected chi connectivity index (χ2v) is 4.41. The van der Waals surface area contributed by atoms with Crippen LogP contribution in [0.15, 0.2) is 4.73 Å². The molecule has 2 atom stereocenters. The van der Waals surface area contributed by atoms with Gasteiger partial charge >= 0.3 is 0 Å². The van der Waals surface area contributed by atoms with E-state index in [1.54, 1.807) is 0 Å². The maximum absolute atomic E-state index is 5.65. The molecule has 2 rings (SSSR count). The summed E-state index contributed by atoms with van der Waals surface area (Å²) in [6, 6.07) is 0. The van der Waals surface area contributed by atoms with Gasteiger partial charge in [-0.1, -0.05) is 0 Å². The fourth-order valence-corrected chi connectivity index (χ4v) is 2.48. The number of ether oxygens (including phenoxy) is 1. The fraction of sp³-hybridized carbons (Fsp3) is 0.714. The van der Waals surface area contributed by atoms with E-state index >= 15 is 0 Å². The Morgan fingerprint density at radius 1 is 1.58 bits per heavy atom. The molecule has 1 aliphatic heterocycles. The number of rotatable bonds is 1. The van der Waals surface area contributed by atoms with Crippen molar-refractivity contribution in [1.82, 2.24) is 9.36 Å². The Morgan fingerprint density at radius 3 is 2.92 bits per heavy atom. The Labute approximate surface area is 83.5 Å². The number of aromatic nitrogens is 2. The highest BCUT2D eigenvalue weighted by molar-refractivity contribution is 9.10. The first-order chi connectivity index (χ1) is 5.75. The fourth-order valence-electron chi connectivity index (χ4n) is 1.33. The van der Waals surface area contributed by atoms with Gasteiger partial charge < -0.3 is 4.74 Å². The minimum Gasteiger partial charge on any atom is -0.368 e. The quantitative estimate of drug-likeness (QED) is 0.767. The molecule has 0 amide bonds. The van der Waals surface area contributed by atoms with E-state index in [-0.39, 0.29) is 6.10 Å². The Hall–Kier alpha value is -0.0000000000000000486. The molecule has 2 heterocycles. The molecule has 1 aromatic rings. The second kappa shape index (κ2) is 3.40. The van der Waals surface area contributed by atoms with Gasteiger partial charge in [0.1, 0.15) is 11.1 Å². The monoisotopic (exact) mass is 248 g/mol. The van der Waals surface area contributed by atoms with E-state index in [2.05, 4.69) is 32.2 Å². The zero-order chi connectivity index (χ0) is 8.55. The van der Waals surface area contributed by atoms with Crippen LogP contribution in [0.2, 0.25) is 0 Å². The van der Waals surface area contributed by atoms with Crippen LogP contribution in [0.25, 0.3) is 0 Å². The molecule has 2 unspecified atom stereocenters. The molecule has 0 N–H and O–H groups in total. The van der Waals surface area contributed by atoms with Gasteiger partial charge in [0.15, 0.2) is 0 Å². The summed E-state index contributed by atoms with van der Waals surface area (Å²) in [6.07, 6.45) is 2.76. The average Bonchev–Trinajstić information content (AvgIpc) is 2.58. The van der Waals surface area contributed by atoms with E-state index in [4.69, 9.17) is 4.74 Å². The first-order valence-corrected chi connectivity index (χ1v) is 5.47. The number of hydrogen-bond acceptors (Lipinski definition) is 4. The molecular weight excluding hydrogens is 240 g/mol. The van der Waals surface area contributed by atoms with Gasteiger partial charge in [0, 0.05) is 0 Å². The molecule has 0 spiro atoms. The summed E-state index contributed by atoms with van der Waals surface area (Å²) in [5, 5.41) is 0.992. The molecule has 1 fully saturated rings. The molecule has 0 aliphatic carbocycles. The summed E-state index contributed by atoms with van der Waals surface area (Å²) < 4.78 is 10.4. The Bertz CT molecular complexity index is 278. The third-order valence-corrected chi connectivity index (χ3v) is 3.32. The molecule has 66 valence electrons. The van der Waals surface area contributed by atoms with Crippen LogP contribution in [0.4, 0.5) is 0 Å². The largest absolute Gasteiger partial charge is 0.368 e. The van der Waals surface area contributed by atoms with Crippen LogP contribution in [-0.4, -0.2) is 15.5 Å². The second-order valence-electron chi connectivity index (χ2n) is 2.91. The molecule has 5 heteroatoms. The van der Waals surface area contributed by atoms with Gasteiger partial charge in [0.2, 0.25) is 4.73 Å². The SMILES string of the molecule is CC1CCC(c2nc(Br)ns2)O1. The van der Waals surface area contributed by atoms with Crippen molar-refractivity contribution in [2.24, 2.45) is 0 Å². The molecule has 1 saturated heterocycles. The zero-order valence-electron chi connectivity index (χ0n) is 6.66. The van der Waals surface area contributed by atoms with Gasteiger partial charge in [-0.25, -0.2) is 4.98 Å². The summed E-state index contributed by atoms with van der Waals surface area (Å²) in [6.45, 7) is 2.09. The average molecular weight is 249 g/mol.